The fourth-order valence-electron chi connectivity index (χ4n) is 4.44. The van der Waals surface area contributed by atoms with Gasteiger partial charge < -0.3 is 4.42 Å². The van der Waals surface area contributed by atoms with Gasteiger partial charge in [0.15, 0.2) is 0 Å². The number of fused-ring (bicyclic) bond motifs is 5. The predicted octanol–water partition coefficient (Wildman–Crippen LogP) is 4.05. The van der Waals surface area contributed by atoms with E-state index in [1.54, 1.807) is 6.07 Å². The molecule has 1 saturated carbocycles. The maximum absolute atomic E-state index is 12.6. The van der Waals surface area contributed by atoms with E-state index in [4.69, 9.17) is 16.0 Å². The van der Waals surface area contributed by atoms with Crippen LogP contribution in [-0.4, -0.2) is 23.0 Å². The van der Waals surface area contributed by atoms with Crippen LogP contribution in [0.5, 0.6) is 0 Å². The minimum atomic E-state index is -0.244. The Kier molecular flexibility index (Phi) is 3.62. The van der Waals surface area contributed by atoms with Gasteiger partial charge >= 0.3 is 0 Å². The van der Waals surface area contributed by atoms with E-state index < -0.39 is 0 Å². The van der Waals surface area contributed by atoms with Crippen molar-refractivity contribution in [2.24, 2.45) is 28.8 Å². The summed E-state index contributed by atoms with van der Waals surface area (Å²) in [6, 6.07) is 9.27. The molecule has 2 aromatic rings. The second-order valence-corrected chi connectivity index (χ2v) is 7.81. The van der Waals surface area contributed by atoms with Crippen LogP contribution in [0, 0.1) is 30.6 Å². The number of hydrogen-bond donors (Lipinski definition) is 0. The number of nitrogens with zero attached hydrogens (tertiary/aromatic N) is 2. The lowest BCUT2D eigenvalue weighted by atomic mass is 9.85. The lowest BCUT2D eigenvalue weighted by Gasteiger charge is -2.13. The number of imide groups is 1. The van der Waals surface area contributed by atoms with E-state index in [1.807, 2.05) is 31.2 Å². The molecule has 2 aliphatic carbocycles. The van der Waals surface area contributed by atoms with Gasteiger partial charge in [-0.3, -0.25) is 9.59 Å². The Hall–Kier alpha value is -2.66. The lowest BCUT2D eigenvalue weighted by molar-refractivity contribution is -0.140. The molecule has 5 nitrogen and oxygen atoms in total. The predicted molar refractivity (Wildman–Crippen MR) is 101 cm³/mol. The Balaban J connectivity index is 1.36. The molecule has 4 atom stereocenters. The third-order valence-electron chi connectivity index (χ3n) is 5.83. The van der Waals surface area contributed by atoms with Gasteiger partial charge in [0.2, 0.25) is 0 Å². The zero-order valence-corrected chi connectivity index (χ0v) is 15.4. The number of hydrogen-bond acceptors (Lipinski definition) is 4. The Morgan fingerprint density at radius 3 is 2.48 bits per heavy atom. The van der Waals surface area contributed by atoms with E-state index in [9.17, 15) is 9.59 Å². The summed E-state index contributed by atoms with van der Waals surface area (Å²) >= 11 is 6.17. The number of hydrazone groups is 1. The number of carbonyl (C=O) groups is 2. The van der Waals surface area contributed by atoms with E-state index in [1.165, 1.54) is 6.21 Å². The van der Waals surface area contributed by atoms with E-state index >= 15 is 0 Å². The molecule has 3 aliphatic rings. The van der Waals surface area contributed by atoms with Gasteiger partial charge in [0.05, 0.1) is 18.1 Å². The SMILES string of the molecule is Cc1ccc(-c2ccc(/C=N\N3C(=O)[C@@H]4[C@@H](C3=O)[C@H]3C=C[C@H]4C3)o2)cc1Cl. The highest BCUT2D eigenvalue weighted by Crippen LogP contribution is 2.52. The first-order chi connectivity index (χ1) is 13.0. The molecule has 1 aromatic carbocycles. The third-order valence-corrected chi connectivity index (χ3v) is 6.24. The molecular formula is C21H17ClN2O3. The molecule has 2 bridgehead atoms. The van der Waals surface area contributed by atoms with Crippen molar-refractivity contribution in [2.75, 3.05) is 0 Å². The van der Waals surface area contributed by atoms with E-state index in [2.05, 4.69) is 17.3 Å². The van der Waals surface area contributed by atoms with Crippen LogP contribution >= 0.6 is 11.6 Å². The van der Waals surface area contributed by atoms with Gasteiger partial charge in [0.25, 0.3) is 11.8 Å². The van der Waals surface area contributed by atoms with Crippen molar-refractivity contribution in [3.8, 4) is 11.3 Å². The summed E-state index contributed by atoms with van der Waals surface area (Å²) in [5.41, 5.74) is 1.85. The van der Waals surface area contributed by atoms with Gasteiger partial charge in [0, 0.05) is 10.6 Å². The zero-order valence-electron chi connectivity index (χ0n) is 14.6. The fourth-order valence-corrected chi connectivity index (χ4v) is 4.62. The number of furan rings is 1. The van der Waals surface area contributed by atoms with Crippen molar-refractivity contribution in [2.45, 2.75) is 13.3 Å². The van der Waals surface area contributed by atoms with Crippen LogP contribution in [0.2, 0.25) is 5.02 Å². The van der Waals surface area contributed by atoms with Crippen LogP contribution in [0.25, 0.3) is 11.3 Å². The molecule has 27 heavy (non-hydrogen) atoms. The monoisotopic (exact) mass is 380 g/mol. The van der Waals surface area contributed by atoms with Gasteiger partial charge in [-0.2, -0.15) is 10.1 Å². The quantitative estimate of drug-likeness (QED) is 0.458. The van der Waals surface area contributed by atoms with Crippen LogP contribution in [0.4, 0.5) is 0 Å². The van der Waals surface area contributed by atoms with Gasteiger partial charge in [-0.15, -0.1) is 0 Å². The van der Waals surface area contributed by atoms with Crippen molar-refractivity contribution in [1.29, 1.82) is 0 Å². The zero-order chi connectivity index (χ0) is 18.7. The Morgan fingerprint density at radius 1 is 1.11 bits per heavy atom. The largest absolute Gasteiger partial charge is 0.455 e. The smallest absolute Gasteiger partial charge is 0.254 e. The van der Waals surface area contributed by atoms with Crippen molar-refractivity contribution in [3.05, 3.63) is 58.8 Å². The van der Waals surface area contributed by atoms with Crippen molar-refractivity contribution in [1.82, 2.24) is 5.01 Å². The standard InChI is InChI=1S/C21H17ClN2O3/c1-11-2-3-12(9-16(11)22)17-7-6-15(27-17)10-23-24-20(25)18-13-4-5-14(8-13)19(18)21(24)26/h2-7,9-10,13-14,18-19H,8H2,1H3/b23-10-/t13-,14-,18-,19-/m0/s1. The minimum absolute atomic E-state index is 0.179. The van der Waals surface area contributed by atoms with E-state index in [0.29, 0.717) is 16.5 Å². The Labute approximate surface area is 161 Å². The van der Waals surface area contributed by atoms with Gasteiger partial charge in [-0.05, 0) is 48.9 Å². The number of rotatable bonds is 3. The molecule has 0 unspecified atom stereocenters. The molecular weight excluding hydrogens is 364 g/mol. The number of carbonyl (C=O) groups excluding carboxylic acids is 2. The van der Waals surface area contributed by atoms with Crippen LogP contribution in [0.15, 0.2) is 52.0 Å². The van der Waals surface area contributed by atoms with Crippen LogP contribution in [0.3, 0.4) is 0 Å². The first kappa shape index (κ1) is 16.5. The summed E-state index contributed by atoms with van der Waals surface area (Å²) < 4.78 is 5.77. The molecule has 1 aliphatic heterocycles. The molecule has 0 spiro atoms. The number of aryl methyl sites for hydroxylation is 1. The normalized spacial score (nSPS) is 28.7. The van der Waals surface area contributed by atoms with Gasteiger partial charge in [-0.1, -0.05) is 35.9 Å². The average molecular weight is 381 g/mol. The molecule has 2 heterocycles. The number of halogens is 1. The van der Waals surface area contributed by atoms with Crippen LogP contribution < -0.4 is 0 Å². The summed E-state index contributed by atoms with van der Waals surface area (Å²) in [4.78, 5) is 25.2. The highest BCUT2D eigenvalue weighted by Gasteiger charge is 2.59. The van der Waals surface area contributed by atoms with Crippen LogP contribution in [-0.2, 0) is 9.59 Å². The minimum Gasteiger partial charge on any atom is -0.455 e. The van der Waals surface area contributed by atoms with Crippen molar-refractivity contribution in [3.63, 3.8) is 0 Å². The third kappa shape index (κ3) is 2.49. The highest BCUT2D eigenvalue weighted by atomic mass is 35.5. The molecule has 1 saturated heterocycles. The molecule has 0 N–H and O–H groups in total. The number of amides is 2. The first-order valence-electron chi connectivity index (χ1n) is 8.99. The fraction of sp³-hybridized carbons (Fsp3) is 0.286. The first-order valence-corrected chi connectivity index (χ1v) is 9.37. The Bertz CT molecular complexity index is 992. The van der Waals surface area contributed by atoms with Crippen LogP contribution in [0.1, 0.15) is 17.7 Å². The highest BCUT2D eigenvalue weighted by molar-refractivity contribution is 6.31. The molecule has 1 aromatic heterocycles. The van der Waals surface area contributed by atoms with Gasteiger partial charge in [-0.25, -0.2) is 0 Å². The van der Waals surface area contributed by atoms with E-state index in [0.717, 1.165) is 22.6 Å². The Morgan fingerprint density at radius 2 is 1.81 bits per heavy atom. The molecule has 2 amide bonds. The molecule has 136 valence electrons. The summed E-state index contributed by atoms with van der Waals surface area (Å²) in [5, 5.41) is 5.82. The summed E-state index contributed by atoms with van der Waals surface area (Å²) in [6.45, 7) is 1.94. The summed E-state index contributed by atoms with van der Waals surface area (Å²) in [6.07, 6.45) is 6.46. The van der Waals surface area contributed by atoms with E-state index in [-0.39, 0.29) is 35.5 Å². The van der Waals surface area contributed by atoms with Crippen molar-refractivity contribution >= 4 is 29.6 Å². The second kappa shape index (κ2) is 5.92. The average Bonchev–Trinajstić information content (AvgIpc) is 3.41. The topological polar surface area (TPSA) is 62.9 Å². The maximum Gasteiger partial charge on any atom is 0.254 e. The number of benzene rings is 1. The molecule has 2 fully saturated rings. The lowest BCUT2D eigenvalue weighted by Crippen LogP contribution is -2.28. The van der Waals surface area contributed by atoms with Gasteiger partial charge in [0.1, 0.15) is 11.5 Å². The summed E-state index contributed by atoms with van der Waals surface area (Å²) in [5.74, 6) is 0.594. The number of allylic oxidation sites excluding steroid dienone is 2. The molecule has 5 rings (SSSR count). The molecule has 0 radical (unpaired) electrons. The second-order valence-electron chi connectivity index (χ2n) is 7.40. The summed E-state index contributed by atoms with van der Waals surface area (Å²) in [7, 11) is 0. The molecule has 6 heteroatoms. The van der Waals surface area contributed by atoms with Crippen molar-refractivity contribution < 1.29 is 14.0 Å². The maximum atomic E-state index is 12.6.